The van der Waals surface area contributed by atoms with Crippen LogP contribution >= 0.6 is 11.6 Å². The van der Waals surface area contributed by atoms with Crippen molar-refractivity contribution in [2.24, 2.45) is 0 Å². The number of nitrogens with zero attached hydrogens (tertiary/aromatic N) is 2. The third kappa shape index (κ3) is 3.26. The Morgan fingerprint density at radius 3 is 2.64 bits per heavy atom. The predicted molar refractivity (Wildman–Crippen MR) is 84.1 cm³/mol. The Kier molecular flexibility index (Phi) is 4.65. The summed E-state index contributed by atoms with van der Waals surface area (Å²) in [7, 11) is 0. The molecular formula is C16H17ClN2O3. The van der Waals surface area contributed by atoms with Crippen LogP contribution in [0.5, 0.6) is 0 Å². The molecule has 2 aromatic rings. The minimum atomic E-state index is -0.0900. The van der Waals surface area contributed by atoms with Crippen LogP contribution in [0.4, 0.5) is 10.5 Å². The van der Waals surface area contributed by atoms with E-state index in [2.05, 4.69) is 0 Å². The lowest BCUT2D eigenvalue weighted by Gasteiger charge is -2.33. The van der Waals surface area contributed by atoms with Gasteiger partial charge < -0.3 is 14.1 Å². The predicted octanol–water partition coefficient (Wildman–Crippen LogP) is 3.39. The Labute approximate surface area is 134 Å². The molecule has 5 nitrogen and oxygen atoms in total. The summed E-state index contributed by atoms with van der Waals surface area (Å²) in [6.45, 7) is 2.62. The van der Waals surface area contributed by atoms with Crippen molar-refractivity contribution in [3.8, 4) is 0 Å². The number of halogens is 1. The van der Waals surface area contributed by atoms with E-state index in [4.69, 9.17) is 20.8 Å². The molecule has 116 valence electrons. The van der Waals surface area contributed by atoms with Crippen molar-refractivity contribution in [3.63, 3.8) is 0 Å². The molecule has 2 heterocycles. The highest BCUT2D eigenvalue weighted by atomic mass is 35.5. The van der Waals surface area contributed by atoms with Gasteiger partial charge in [0.2, 0.25) is 0 Å². The Balaban J connectivity index is 1.88. The fourth-order valence-corrected chi connectivity index (χ4v) is 2.65. The number of carbonyl (C=O) groups is 1. The summed E-state index contributed by atoms with van der Waals surface area (Å²) < 4.78 is 10.7. The minimum Gasteiger partial charge on any atom is -0.467 e. The molecule has 1 aliphatic rings. The highest BCUT2D eigenvalue weighted by Gasteiger charge is 2.26. The van der Waals surface area contributed by atoms with Gasteiger partial charge in [-0.25, -0.2) is 4.79 Å². The van der Waals surface area contributed by atoms with Crippen molar-refractivity contribution < 1.29 is 13.9 Å². The van der Waals surface area contributed by atoms with Crippen LogP contribution in [0.15, 0.2) is 47.1 Å². The summed E-state index contributed by atoms with van der Waals surface area (Å²) in [5.74, 6) is 0.710. The summed E-state index contributed by atoms with van der Waals surface area (Å²) in [6.07, 6.45) is 1.60. The molecule has 3 rings (SSSR count). The fraction of sp³-hybridized carbons (Fsp3) is 0.312. The molecule has 0 radical (unpaired) electrons. The third-order valence-corrected chi connectivity index (χ3v) is 3.87. The summed E-state index contributed by atoms with van der Waals surface area (Å²) in [4.78, 5) is 16.3. The van der Waals surface area contributed by atoms with Gasteiger partial charge in [-0.3, -0.25) is 4.90 Å². The smallest absolute Gasteiger partial charge is 0.325 e. The number of ether oxygens (including phenoxy) is 1. The van der Waals surface area contributed by atoms with Gasteiger partial charge in [0.15, 0.2) is 0 Å². The number of hydrogen-bond donors (Lipinski definition) is 0. The third-order valence-electron chi connectivity index (χ3n) is 3.55. The van der Waals surface area contributed by atoms with Gasteiger partial charge in [-0.05, 0) is 24.3 Å². The van der Waals surface area contributed by atoms with Gasteiger partial charge in [-0.1, -0.05) is 23.7 Å². The lowest BCUT2D eigenvalue weighted by Crippen LogP contribution is -2.48. The lowest BCUT2D eigenvalue weighted by atomic mass is 10.2. The van der Waals surface area contributed by atoms with Crippen molar-refractivity contribution in [2.75, 3.05) is 31.2 Å². The number of morpholine rings is 1. The van der Waals surface area contributed by atoms with E-state index in [9.17, 15) is 4.79 Å². The van der Waals surface area contributed by atoms with Crippen LogP contribution in [0, 0.1) is 0 Å². The van der Waals surface area contributed by atoms with Gasteiger partial charge in [-0.2, -0.15) is 0 Å². The molecule has 22 heavy (non-hydrogen) atoms. The Morgan fingerprint density at radius 1 is 1.18 bits per heavy atom. The molecule has 0 saturated carbocycles. The van der Waals surface area contributed by atoms with Gasteiger partial charge >= 0.3 is 6.03 Å². The van der Waals surface area contributed by atoms with E-state index in [0.717, 1.165) is 0 Å². The normalized spacial score (nSPS) is 14.9. The summed E-state index contributed by atoms with van der Waals surface area (Å²) in [5.41, 5.74) is 0.678. The van der Waals surface area contributed by atoms with Gasteiger partial charge in [0.25, 0.3) is 0 Å². The number of para-hydroxylation sites is 1. The summed E-state index contributed by atoms with van der Waals surface area (Å²) >= 11 is 6.27. The minimum absolute atomic E-state index is 0.0900. The topological polar surface area (TPSA) is 45.9 Å². The standard InChI is InChI=1S/C16H17ClN2O3/c17-14-5-1-2-6-15(14)19(12-13-4-3-9-22-13)16(20)18-7-10-21-11-8-18/h1-6,9H,7-8,10-12H2. The van der Waals surface area contributed by atoms with Crippen LogP contribution < -0.4 is 4.90 Å². The average Bonchev–Trinajstić information content (AvgIpc) is 3.07. The molecule has 1 saturated heterocycles. The van der Waals surface area contributed by atoms with Gasteiger partial charge in [0, 0.05) is 13.1 Å². The molecule has 0 spiro atoms. The number of anilines is 1. The maximum Gasteiger partial charge on any atom is 0.325 e. The zero-order valence-electron chi connectivity index (χ0n) is 12.1. The second-order valence-corrected chi connectivity index (χ2v) is 5.41. The van der Waals surface area contributed by atoms with Crippen molar-refractivity contribution in [3.05, 3.63) is 53.4 Å². The van der Waals surface area contributed by atoms with Crippen LogP contribution in [0.25, 0.3) is 0 Å². The lowest BCUT2D eigenvalue weighted by molar-refractivity contribution is 0.0547. The maximum atomic E-state index is 12.9. The summed E-state index contributed by atoms with van der Waals surface area (Å²) in [5, 5.41) is 0.538. The number of furan rings is 1. The molecule has 1 fully saturated rings. The first kappa shape index (κ1) is 14.9. The van der Waals surface area contributed by atoms with E-state index in [0.29, 0.717) is 49.3 Å². The molecule has 1 aromatic heterocycles. The molecule has 6 heteroatoms. The summed E-state index contributed by atoms with van der Waals surface area (Å²) in [6, 6.07) is 10.9. The second kappa shape index (κ2) is 6.85. The molecule has 1 aliphatic heterocycles. The number of amides is 2. The van der Waals surface area contributed by atoms with E-state index in [1.54, 1.807) is 28.2 Å². The van der Waals surface area contributed by atoms with Crippen LogP contribution in [0.3, 0.4) is 0 Å². The van der Waals surface area contributed by atoms with E-state index in [1.807, 2.05) is 24.3 Å². The molecule has 0 unspecified atom stereocenters. The molecule has 0 N–H and O–H groups in total. The fourth-order valence-electron chi connectivity index (χ4n) is 2.41. The first-order valence-corrected chi connectivity index (χ1v) is 7.54. The SMILES string of the molecule is O=C(N1CCOCC1)N(Cc1ccco1)c1ccccc1Cl. The molecule has 1 aromatic carbocycles. The van der Waals surface area contributed by atoms with Crippen molar-refractivity contribution in [2.45, 2.75) is 6.54 Å². The van der Waals surface area contributed by atoms with Crippen LogP contribution in [0.2, 0.25) is 5.02 Å². The maximum absolute atomic E-state index is 12.9. The zero-order chi connectivity index (χ0) is 15.4. The van der Waals surface area contributed by atoms with Crippen molar-refractivity contribution in [1.82, 2.24) is 4.90 Å². The molecule has 2 amide bonds. The molecule has 0 aliphatic carbocycles. The zero-order valence-corrected chi connectivity index (χ0v) is 12.8. The van der Waals surface area contributed by atoms with Crippen LogP contribution in [-0.2, 0) is 11.3 Å². The van der Waals surface area contributed by atoms with Gasteiger partial charge in [-0.15, -0.1) is 0 Å². The number of urea groups is 1. The number of carbonyl (C=O) groups excluding carboxylic acids is 1. The van der Waals surface area contributed by atoms with Gasteiger partial charge in [0.1, 0.15) is 5.76 Å². The van der Waals surface area contributed by atoms with E-state index < -0.39 is 0 Å². The van der Waals surface area contributed by atoms with Crippen molar-refractivity contribution in [1.29, 1.82) is 0 Å². The van der Waals surface area contributed by atoms with E-state index >= 15 is 0 Å². The number of hydrogen-bond acceptors (Lipinski definition) is 3. The Hall–Kier alpha value is -1.98. The van der Waals surface area contributed by atoms with Gasteiger partial charge in [0.05, 0.1) is 36.7 Å². The average molecular weight is 321 g/mol. The monoisotopic (exact) mass is 320 g/mol. The van der Waals surface area contributed by atoms with E-state index in [1.165, 1.54) is 0 Å². The van der Waals surface area contributed by atoms with Crippen molar-refractivity contribution >= 4 is 23.3 Å². The van der Waals surface area contributed by atoms with Crippen LogP contribution in [0.1, 0.15) is 5.76 Å². The quantitative estimate of drug-likeness (QED) is 0.871. The number of rotatable bonds is 3. The highest BCUT2D eigenvalue weighted by molar-refractivity contribution is 6.33. The Morgan fingerprint density at radius 2 is 1.95 bits per heavy atom. The first-order valence-electron chi connectivity index (χ1n) is 7.17. The largest absolute Gasteiger partial charge is 0.467 e. The van der Waals surface area contributed by atoms with Crippen LogP contribution in [-0.4, -0.2) is 37.2 Å². The first-order chi connectivity index (χ1) is 10.8. The highest BCUT2D eigenvalue weighted by Crippen LogP contribution is 2.28. The second-order valence-electron chi connectivity index (χ2n) is 5.00. The number of benzene rings is 1. The Bertz CT molecular complexity index is 624. The molecular weight excluding hydrogens is 304 g/mol. The molecule has 0 bridgehead atoms. The molecule has 0 atom stereocenters. The van der Waals surface area contributed by atoms with E-state index in [-0.39, 0.29) is 6.03 Å².